The number of aliphatic hydroxyl groups excluding tert-OH is 1. The number of carbonyl (C=O) groups is 1. The second-order valence-corrected chi connectivity index (χ2v) is 5.70. The molecule has 118 valence electrons. The van der Waals surface area contributed by atoms with E-state index in [1.54, 1.807) is 0 Å². The van der Waals surface area contributed by atoms with Crippen LogP contribution in [-0.2, 0) is 21.0 Å². The van der Waals surface area contributed by atoms with E-state index in [2.05, 4.69) is 0 Å². The van der Waals surface area contributed by atoms with Gasteiger partial charge in [0.05, 0.1) is 17.1 Å². The molecule has 0 spiro atoms. The first-order chi connectivity index (χ1) is 9.51. The highest BCUT2D eigenvalue weighted by atomic mass is 32.2. The van der Waals surface area contributed by atoms with Crippen LogP contribution in [0.15, 0.2) is 29.2 Å². The maximum absolute atomic E-state index is 12.4. The van der Waals surface area contributed by atoms with E-state index in [0.29, 0.717) is 24.3 Å². The van der Waals surface area contributed by atoms with Gasteiger partial charge in [0.25, 0.3) is 10.0 Å². The molecule has 0 saturated heterocycles. The van der Waals surface area contributed by atoms with Crippen LogP contribution in [0.25, 0.3) is 0 Å². The topological polar surface area (TPSA) is 121 Å². The van der Waals surface area contributed by atoms with Gasteiger partial charge in [-0.2, -0.15) is 13.2 Å². The molecule has 0 heterocycles. The summed E-state index contributed by atoms with van der Waals surface area (Å²) >= 11 is 0. The molecule has 0 aliphatic rings. The minimum Gasteiger partial charge on any atom is -0.394 e. The van der Waals surface area contributed by atoms with Crippen LogP contribution < -0.4 is 5.73 Å². The monoisotopic (exact) mass is 328 g/mol. The largest absolute Gasteiger partial charge is 0.416 e. The molecule has 0 aromatic heterocycles. The van der Waals surface area contributed by atoms with Crippen LogP contribution in [0.1, 0.15) is 5.56 Å². The molecule has 4 N–H and O–H groups in total. The molecular formula is C10H11F3N2O5S. The molecule has 0 fully saturated rings. The lowest BCUT2D eigenvalue weighted by molar-refractivity contribution is -0.137. The highest BCUT2D eigenvalue weighted by Gasteiger charge is 2.35. The Labute approximate surface area is 117 Å². The molecule has 11 heteroatoms. The molecule has 1 amide bonds. The van der Waals surface area contributed by atoms with Gasteiger partial charge in [-0.05, 0) is 24.3 Å². The molecule has 0 radical (unpaired) electrons. The zero-order valence-electron chi connectivity index (χ0n) is 10.3. The minimum absolute atomic E-state index is 0.488. The summed E-state index contributed by atoms with van der Waals surface area (Å²) in [5.74, 6) is -1.32. The van der Waals surface area contributed by atoms with Crippen molar-refractivity contribution < 1.29 is 36.7 Å². The van der Waals surface area contributed by atoms with Gasteiger partial charge in [-0.25, -0.2) is 8.42 Å². The molecule has 0 bridgehead atoms. The third-order valence-corrected chi connectivity index (χ3v) is 4.11. The summed E-state index contributed by atoms with van der Waals surface area (Å²) < 4.78 is 60.3. The Morgan fingerprint density at radius 2 is 1.76 bits per heavy atom. The number of amides is 1. The van der Waals surface area contributed by atoms with E-state index in [9.17, 15) is 31.6 Å². The smallest absolute Gasteiger partial charge is 0.394 e. The van der Waals surface area contributed by atoms with Crippen molar-refractivity contribution in [2.45, 2.75) is 17.1 Å². The minimum atomic E-state index is -4.70. The van der Waals surface area contributed by atoms with Gasteiger partial charge in [0, 0.05) is 0 Å². The zero-order chi connectivity index (χ0) is 16.4. The third kappa shape index (κ3) is 3.69. The van der Waals surface area contributed by atoms with Crippen molar-refractivity contribution in [1.29, 1.82) is 0 Å². The standard InChI is InChI=1S/C10H11F3N2O5S/c11-10(12,13)6-1-3-7(4-2-6)21(19,20)15(18)8(5-16)9(14)17/h1-4,8,16,18H,5H2,(H2,14,17). The average molecular weight is 328 g/mol. The van der Waals surface area contributed by atoms with Crippen molar-refractivity contribution >= 4 is 15.9 Å². The molecule has 7 nitrogen and oxygen atoms in total. The molecule has 1 rings (SSSR count). The van der Waals surface area contributed by atoms with Crippen molar-refractivity contribution in [3.63, 3.8) is 0 Å². The van der Waals surface area contributed by atoms with Gasteiger partial charge in [0.15, 0.2) is 6.04 Å². The van der Waals surface area contributed by atoms with Crippen molar-refractivity contribution in [1.82, 2.24) is 4.47 Å². The summed E-state index contributed by atoms with van der Waals surface area (Å²) in [6, 6.07) is 0.267. The fourth-order valence-corrected chi connectivity index (χ4v) is 2.56. The van der Waals surface area contributed by atoms with E-state index in [-0.39, 0.29) is 0 Å². The van der Waals surface area contributed by atoms with Crippen LogP contribution in [0, 0.1) is 0 Å². The number of carbonyl (C=O) groups excluding carboxylic acids is 1. The second-order valence-electron chi connectivity index (χ2n) is 3.90. The van der Waals surface area contributed by atoms with Gasteiger partial charge in [0.2, 0.25) is 5.91 Å². The predicted molar refractivity (Wildman–Crippen MR) is 62.3 cm³/mol. The maximum atomic E-state index is 12.4. The molecule has 1 aromatic carbocycles. The Balaban J connectivity index is 3.16. The van der Waals surface area contributed by atoms with Crippen LogP contribution in [0.4, 0.5) is 13.2 Å². The Bertz CT molecular complexity index is 615. The summed E-state index contributed by atoms with van der Waals surface area (Å²) in [5.41, 5.74) is 3.71. The second kappa shape index (κ2) is 5.97. The highest BCUT2D eigenvalue weighted by Crippen LogP contribution is 2.30. The van der Waals surface area contributed by atoms with Crippen LogP contribution >= 0.6 is 0 Å². The highest BCUT2D eigenvalue weighted by molar-refractivity contribution is 7.89. The lowest BCUT2D eigenvalue weighted by Crippen LogP contribution is -2.48. The van der Waals surface area contributed by atoms with Gasteiger partial charge in [-0.3, -0.25) is 10.0 Å². The van der Waals surface area contributed by atoms with Crippen LogP contribution in [0.3, 0.4) is 0 Å². The quantitative estimate of drug-likeness (QED) is 0.654. The van der Waals surface area contributed by atoms with Crippen LogP contribution in [-0.4, -0.2) is 41.8 Å². The number of nitrogens with two attached hydrogens (primary N) is 1. The Hall–Kier alpha value is -1.69. The fourth-order valence-electron chi connectivity index (χ4n) is 1.36. The van der Waals surface area contributed by atoms with E-state index >= 15 is 0 Å². The van der Waals surface area contributed by atoms with Gasteiger partial charge in [-0.1, -0.05) is 4.47 Å². The number of primary amides is 1. The summed E-state index contributed by atoms with van der Waals surface area (Å²) in [7, 11) is -4.70. The Morgan fingerprint density at radius 1 is 1.29 bits per heavy atom. The zero-order valence-corrected chi connectivity index (χ0v) is 11.1. The first-order valence-electron chi connectivity index (χ1n) is 5.32. The number of nitrogens with zero attached hydrogens (tertiary/aromatic N) is 1. The molecule has 1 aromatic rings. The number of aliphatic hydroxyl groups is 1. The number of sulfonamides is 1. The lowest BCUT2D eigenvalue weighted by atomic mass is 10.2. The van der Waals surface area contributed by atoms with E-state index in [1.807, 2.05) is 0 Å². The van der Waals surface area contributed by atoms with Gasteiger partial charge in [-0.15, -0.1) is 0 Å². The summed E-state index contributed by atoms with van der Waals surface area (Å²) in [4.78, 5) is 10.2. The van der Waals surface area contributed by atoms with E-state index < -0.39 is 49.7 Å². The number of hydrogen-bond donors (Lipinski definition) is 3. The molecule has 0 aliphatic carbocycles. The maximum Gasteiger partial charge on any atom is 0.416 e. The van der Waals surface area contributed by atoms with E-state index in [4.69, 9.17) is 10.8 Å². The summed E-state index contributed by atoms with van der Waals surface area (Å²) in [6.07, 6.45) is -4.65. The Kier molecular flexibility index (Phi) is 4.94. The molecule has 0 aliphatic heterocycles. The first kappa shape index (κ1) is 17.4. The number of benzene rings is 1. The van der Waals surface area contributed by atoms with Crippen molar-refractivity contribution in [3.05, 3.63) is 29.8 Å². The Morgan fingerprint density at radius 3 is 2.10 bits per heavy atom. The van der Waals surface area contributed by atoms with Gasteiger partial charge >= 0.3 is 6.18 Å². The van der Waals surface area contributed by atoms with Crippen molar-refractivity contribution in [3.8, 4) is 0 Å². The normalized spacial score (nSPS) is 14.2. The number of hydroxylamine groups is 1. The summed E-state index contributed by atoms with van der Waals surface area (Å²) in [6.45, 7) is -1.09. The average Bonchev–Trinajstić information content (AvgIpc) is 2.38. The third-order valence-electron chi connectivity index (χ3n) is 2.49. The number of rotatable bonds is 5. The predicted octanol–water partition coefficient (Wildman–Crippen LogP) is -0.0685. The molecule has 0 saturated carbocycles. The molecule has 1 unspecified atom stereocenters. The molecular weight excluding hydrogens is 317 g/mol. The van der Waals surface area contributed by atoms with Gasteiger partial charge in [0.1, 0.15) is 0 Å². The van der Waals surface area contributed by atoms with Crippen molar-refractivity contribution in [2.24, 2.45) is 5.73 Å². The number of hydrogen-bond acceptors (Lipinski definition) is 5. The van der Waals surface area contributed by atoms with Crippen LogP contribution in [0.5, 0.6) is 0 Å². The number of alkyl halides is 3. The van der Waals surface area contributed by atoms with Crippen molar-refractivity contribution in [2.75, 3.05) is 6.61 Å². The fraction of sp³-hybridized carbons (Fsp3) is 0.300. The van der Waals surface area contributed by atoms with E-state index in [1.165, 1.54) is 0 Å². The lowest BCUT2D eigenvalue weighted by Gasteiger charge is -2.21. The SMILES string of the molecule is NC(=O)C(CO)N(O)S(=O)(=O)c1ccc(C(F)(F)F)cc1. The number of halogens is 3. The summed E-state index contributed by atoms with van der Waals surface area (Å²) in [5, 5.41) is 18.3. The first-order valence-corrected chi connectivity index (χ1v) is 6.76. The molecule has 1 atom stereocenters. The van der Waals surface area contributed by atoms with Crippen LogP contribution in [0.2, 0.25) is 0 Å². The molecule has 21 heavy (non-hydrogen) atoms. The van der Waals surface area contributed by atoms with E-state index in [0.717, 1.165) is 0 Å². The van der Waals surface area contributed by atoms with Gasteiger partial charge < -0.3 is 10.8 Å².